The predicted molar refractivity (Wildman–Crippen MR) is 82.7 cm³/mol. The van der Waals surface area contributed by atoms with E-state index in [2.05, 4.69) is 13.8 Å². The first-order valence-corrected chi connectivity index (χ1v) is 7.22. The summed E-state index contributed by atoms with van der Waals surface area (Å²) in [4.78, 5) is 0. The highest BCUT2D eigenvalue weighted by Crippen LogP contribution is 2.42. The van der Waals surface area contributed by atoms with Crippen LogP contribution in [0.5, 0.6) is 5.75 Å². The number of hydrogen-bond acceptors (Lipinski definition) is 1. The van der Waals surface area contributed by atoms with Crippen molar-refractivity contribution in [2.24, 2.45) is 5.92 Å². The van der Waals surface area contributed by atoms with Crippen molar-refractivity contribution in [2.45, 2.75) is 26.7 Å². The lowest BCUT2D eigenvalue weighted by atomic mass is 9.88. The van der Waals surface area contributed by atoms with Crippen molar-refractivity contribution in [1.82, 2.24) is 0 Å². The van der Waals surface area contributed by atoms with Gasteiger partial charge in [-0.3, -0.25) is 0 Å². The Balaban J connectivity index is 2.45. The molecule has 0 atom stereocenters. The summed E-state index contributed by atoms with van der Waals surface area (Å²) in [5.41, 5.74) is 3.44. The van der Waals surface area contributed by atoms with Crippen LogP contribution >= 0.6 is 23.2 Å². The molecule has 1 aliphatic carbocycles. The summed E-state index contributed by atoms with van der Waals surface area (Å²) in [6, 6.07) is 7.95. The maximum Gasteiger partial charge on any atom is 0.119 e. The average molecular weight is 297 g/mol. The first-order chi connectivity index (χ1) is 9.04. The Morgan fingerprint density at radius 3 is 2.47 bits per heavy atom. The second-order valence-corrected chi connectivity index (χ2v) is 5.77. The molecule has 1 nitrogen and oxygen atoms in total. The molecule has 0 aromatic heterocycles. The predicted octanol–water partition coefficient (Wildman–Crippen LogP) is 5.59. The van der Waals surface area contributed by atoms with Crippen LogP contribution in [0.3, 0.4) is 0 Å². The Morgan fingerprint density at radius 2 is 1.84 bits per heavy atom. The van der Waals surface area contributed by atoms with Crippen molar-refractivity contribution in [3.63, 3.8) is 0 Å². The van der Waals surface area contributed by atoms with Crippen LogP contribution in [0.1, 0.15) is 32.3 Å². The van der Waals surface area contributed by atoms with E-state index in [1.165, 1.54) is 5.57 Å². The van der Waals surface area contributed by atoms with Crippen molar-refractivity contribution < 1.29 is 4.74 Å². The molecule has 3 heteroatoms. The van der Waals surface area contributed by atoms with E-state index in [0.29, 0.717) is 11.0 Å². The van der Waals surface area contributed by atoms with Crippen LogP contribution in [0.15, 0.2) is 39.9 Å². The lowest BCUT2D eigenvalue weighted by molar-refractivity contribution is 0.414. The number of rotatable bonds is 3. The molecule has 2 rings (SSSR count). The van der Waals surface area contributed by atoms with Crippen molar-refractivity contribution in [3.8, 4) is 5.75 Å². The summed E-state index contributed by atoms with van der Waals surface area (Å²) in [7, 11) is 1.67. The third kappa shape index (κ3) is 2.98. The van der Waals surface area contributed by atoms with Crippen LogP contribution in [-0.2, 0) is 0 Å². The Hall–Kier alpha value is -0.920. The molecule has 0 saturated carbocycles. The molecule has 0 aliphatic heterocycles. The molecule has 1 aromatic carbocycles. The second-order valence-electron chi connectivity index (χ2n) is 5.02. The number of halogens is 2. The summed E-state index contributed by atoms with van der Waals surface area (Å²) in [5.74, 6) is 1.28. The van der Waals surface area contributed by atoms with Gasteiger partial charge in [0.05, 0.1) is 17.2 Å². The fourth-order valence-electron chi connectivity index (χ4n) is 2.38. The number of benzene rings is 1. The molecule has 0 fully saturated rings. The van der Waals surface area contributed by atoms with Gasteiger partial charge >= 0.3 is 0 Å². The van der Waals surface area contributed by atoms with Gasteiger partial charge in [-0.25, -0.2) is 0 Å². The van der Waals surface area contributed by atoms with E-state index in [0.717, 1.165) is 34.8 Å². The largest absolute Gasteiger partial charge is 0.497 e. The lowest BCUT2D eigenvalue weighted by Crippen LogP contribution is -2.05. The zero-order chi connectivity index (χ0) is 14.0. The molecule has 0 spiro atoms. The molecule has 1 aromatic rings. The van der Waals surface area contributed by atoms with Crippen LogP contribution in [0.4, 0.5) is 0 Å². The van der Waals surface area contributed by atoms with Gasteiger partial charge in [0.25, 0.3) is 0 Å². The molecule has 0 saturated heterocycles. The van der Waals surface area contributed by atoms with Crippen molar-refractivity contribution in [3.05, 3.63) is 45.5 Å². The summed E-state index contributed by atoms with van der Waals surface area (Å²) in [6.07, 6.45) is 1.90. The highest BCUT2D eigenvalue weighted by atomic mass is 35.5. The first-order valence-electron chi connectivity index (χ1n) is 6.46. The number of allylic oxidation sites excluding steroid dienone is 4. The first kappa shape index (κ1) is 14.5. The Morgan fingerprint density at radius 1 is 1.11 bits per heavy atom. The SMILES string of the molecule is COc1cccc(C2=C(Cl)C(Cl)=C(C(C)C)CC2)c1. The van der Waals surface area contributed by atoms with E-state index < -0.39 is 0 Å². The molecule has 0 amide bonds. The monoisotopic (exact) mass is 296 g/mol. The van der Waals surface area contributed by atoms with E-state index in [-0.39, 0.29) is 0 Å². The molecule has 19 heavy (non-hydrogen) atoms. The lowest BCUT2D eigenvalue weighted by Gasteiger charge is -2.22. The maximum absolute atomic E-state index is 6.45. The van der Waals surface area contributed by atoms with Gasteiger partial charge in [0.2, 0.25) is 0 Å². The van der Waals surface area contributed by atoms with Crippen molar-refractivity contribution in [2.75, 3.05) is 7.11 Å². The third-order valence-corrected chi connectivity index (χ3v) is 4.44. The molecule has 0 heterocycles. The minimum atomic E-state index is 0.438. The molecule has 0 N–H and O–H groups in total. The highest BCUT2D eigenvalue weighted by molar-refractivity contribution is 6.46. The zero-order valence-electron chi connectivity index (χ0n) is 11.5. The number of hydrogen-bond donors (Lipinski definition) is 0. The van der Waals surface area contributed by atoms with Crippen LogP contribution in [0.2, 0.25) is 0 Å². The number of ether oxygens (including phenoxy) is 1. The minimum absolute atomic E-state index is 0.438. The van der Waals surface area contributed by atoms with E-state index in [4.69, 9.17) is 27.9 Å². The molecule has 0 bridgehead atoms. The summed E-state index contributed by atoms with van der Waals surface area (Å²) < 4.78 is 5.26. The normalized spacial score (nSPS) is 16.3. The van der Waals surface area contributed by atoms with E-state index >= 15 is 0 Å². The van der Waals surface area contributed by atoms with Gasteiger partial charge in [0.15, 0.2) is 0 Å². The molecular formula is C16H18Cl2O. The Kier molecular flexibility index (Phi) is 4.59. The van der Waals surface area contributed by atoms with Gasteiger partial charge < -0.3 is 4.74 Å². The third-order valence-electron chi connectivity index (χ3n) is 3.50. The summed E-state index contributed by atoms with van der Waals surface area (Å²) >= 11 is 12.9. The zero-order valence-corrected chi connectivity index (χ0v) is 13.0. The Bertz CT molecular complexity index is 541. The van der Waals surface area contributed by atoms with Gasteiger partial charge in [-0.2, -0.15) is 0 Å². The standard InChI is InChI=1S/C16H18Cl2O/c1-10(2)13-7-8-14(16(18)15(13)17)11-5-4-6-12(9-11)19-3/h4-6,9-10H,7-8H2,1-3H3. The number of methoxy groups -OCH3 is 1. The quantitative estimate of drug-likeness (QED) is 0.707. The van der Waals surface area contributed by atoms with Gasteiger partial charge in [0, 0.05) is 0 Å². The van der Waals surface area contributed by atoms with Crippen LogP contribution < -0.4 is 4.74 Å². The fraction of sp³-hybridized carbons (Fsp3) is 0.375. The fourth-order valence-corrected chi connectivity index (χ4v) is 3.13. The summed E-state index contributed by atoms with van der Waals surface area (Å²) in [6.45, 7) is 4.30. The van der Waals surface area contributed by atoms with Gasteiger partial charge in [-0.1, -0.05) is 49.2 Å². The Labute approximate surface area is 124 Å². The van der Waals surface area contributed by atoms with Crippen LogP contribution in [-0.4, -0.2) is 7.11 Å². The molecule has 1 aliphatic rings. The topological polar surface area (TPSA) is 9.23 Å². The smallest absolute Gasteiger partial charge is 0.119 e. The van der Waals surface area contributed by atoms with E-state index in [9.17, 15) is 0 Å². The van der Waals surface area contributed by atoms with Crippen molar-refractivity contribution in [1.29, 1.82) is 0 Å². The average Bonchev–Trinajstić information content (AvgIpc) is 2.41. The second kappa shape index (κ2) is 6.02. The van der Waals surface area contributed by atoms with E-state index in [1.807, 2.05) is 24.3 Å². The van der Waals surface area contributed by atoms with Crippen molar-refractivity contribution >= 4 is 28.8 Å². The minimum Gasteiger partial charge on any atom is -0.497 e. The molecule has 0 radical (unpaired) electrons. The molecular weight excluding hydrogens is 279 g/mol. The van der Waals surface area contributed by atoms with Gasteiger partial charge in [-0.15, -0.1) is 0 Å². The molecule has 102 valence electrons. The highest BCUT2D eigenvalue weighted by Gasteiger charge is 2.22. The van der Waals surface area contributed by atoms with Gasteiger partial charge in [0.1, 0.15) is 5.75 Å². The maximum atomic E-state index is 6.45. The van der Waals surface area contributed by atoms with E-state index in [1.54, 1.807) is 7.11 Å². The summed E-state index contributed by atoms with van der Waals surface area (Å²) in [5, 5.41) is 1.41. The van der Waals surface area contributed by atoms with Gasteiger partial charge in [-0.05, 0) is 47.6 Å². The van der Waals surface area contributed by atoms with Crippen LogP contribution in [0, 0.1) is 5.92 Å². The van der Waals surface area contributed by atoms with Crippen LogP contribution in [0.25, 0.3) is 5.57 Å². The molecule has 0 unspecified atom stereocenters.